The zero-order valence-corrected chi connectivity index (χ0v) is 14.8. The fourth-order valence-electron chi connectivity index (χ4n) is 3.50. The molecule has 0 saturated heterocycles. The second-order valence-corrected chi connectivity index (χ2v) is 7.70. The smallest absolute Gasteiger partial charge is 0.404 e. The van der Waals surface area contributed by atoms with Gasteiger partial charge in [0, 0.05) is 23.2 Å². The van der Waals surface area contributed by atoms with Gasteiger partial charge in [0.25, 0.3) is 5.91 Å². The maximum atomic E-state index is 12.6. The molecule has 1 fully saturated rings. The molecule has 0 aliphatic heterocycles. The number of hydrogen-bond acceptors (Lipinski definition) is 4. The van der Waals surface area contributed by atoms with Gasteiger partial charge < -0.3 is 21.5 Å². The highest BCUT2D eigenvalue weighted by Crippen LogP contribution is 2.33. The number of fused-ring (bicyclic) bond motifs is 1. The Hall–Kier alpha value is -2.28. The Morgan fingerprint density at radius 2 is 1.68 bits per heavy atom. The lowest BCUT2D eigenvalue weighted by Gasteiger charge is -2.28. The van der Waals surface area contributed by atoms with Gasteiger partial charge in [-0.2, -0.15) is 0 Å². The molecule has 1 aromatic heterocycles. The summed E-state index contributed by atoms with van der Waals surface area (Å²) in [5, 5.41) is 15.6. The van der Waals surface area contributed by atoms with Gasteiger partial charge in [0.05, 0.1) is 10.6 Å². The second kappa shape index (κ2) is 7.74. The highest BCUT2D eigenvalue weighted by atomic mass is 32.1. The Morgan fingerprint density at radius 3 is 2.32 bits per heavy atom. The van der Waals surface area contributed by atoms with Crippen LogP contribution < -0.4 is 16.4 Å². The summed E-state index contributed by atoms with van der Waals surface area (Å²) in [6, 6.07) is 7.76. The number of nitrogen functional groups attached to an aromatic ring is 1. The van der Waals surface area contributed by atoms with Crippen LogP contribution in [0, 0.1) is 11.8 Å². The van der Waals surface area contributed by atoms with Gasteiger partial charge in [0.15, 0.2) is 0 Å². The van der Waals surface area contributed by atoms with Crippen LogP contribution in [0.15, 0.2) is 24.3 Å². The van der Waals surface area contributed by atoms with Gasteiger partial charge in [-0.1, -0.05) is 18.2 Å². The summed E-state index contributed by atoms with van der Waals surface area (Å²) in [7, 11) is 0. The molecule has 0 spiro atoms. The molecule has 1 aromatic carbocycles. The summed E-state index contributed by atoms with van der Waals surface area (Å²) in [6.07, 6.45) is 3.03. The minimum Gasteiger partial charge on any atom is -0.465 e. The van der Waals surface area contributed by atoms with E-state index in [1.165, 1.54) is 11.3 Å². The fourth-order valence-corrected chi connectivity index (χ4v) is 4.46. The van der Waals surface area contributed by atoms with Crippen molar-refractivity contribution in [2.75, 3.05) is 18.8 Å². The predicted octanol–water partition coefficient (Wildman–Crippen LogP) is 3.29. The zero-order valence-electron chi connectivity index (χ0n) is 14.0. The first-order valence-electron chi connectivity index (χ1n) is 8.56. The van der Waals surface area contributed by atoms with Crippen molar-refractivity contribution >= 4 is 38.4 Å². The number of amides is 2. The zero-order chi connectivity index (χ0) is 17.8. The Bertz CT molecular complexity index is 766. The highest BCUT2D eigenvalue weighted by Gasteiger charge is 2.23. The maximum Gasteiger partial charge on any atom is 0.404 e. The molecule has 6 nitrogen and oxygen atoms in total. The number of thiophene rings is 1. The SMILES string of the molecule is Nc1sc2ccccc2c1C(=O)NCC1CCC(CNC(=O)O)CC1. The lowest BCUT2D eigenvalue weighted by atomic mass is 9.82. The molecule has 7 heteroatoms. The predicted molar refractivity (Wildman–Crippen MR) is 100 cm³/mol. The van der Waals surface area contributed by atoms with E-state index >= 15 is 0 Å². The Labute approximate surface area is 150 Å². The van der Waals surface area contributed by atoms with Crippen LogP contribution >= 0.6 is 11.3 Å². The van der Waals surface area contributed by atoms with E-state index in [1.807, 2.05) is 24.3 Å². The molecule has 0 atom stereocenters. The van der Waals surface area contributed by atoms with Crippen LogP contribution in [0.25, 0.3) is 10.1 Å². The van der Waals surface area contributed by atoms with Crippen LogP contribution in [0.1, 0.15) is 36.0 Å². The quantitative estimate of drug-likeness (QED) is 0.656. The number of carbonyl (C=O) groups excluding carboxylic acids is 1. The molecular weight excluding hydrogens is 338 g/mol. The first-order chi connectivity index (χ1) is 12.0. The standard InChI is InChI=1S/C18H23N3O3S/c19-16-15(13-3-1-2-4-14(13)25-16)17(22)20-9-11-5-7-12(8-6-11)10-21-18(23)24/h1-4,11-12,21H,5-10,19H2,(H,20,22)(H,23,24). The monoisotopic (exact) mass is 361 g/mol. The van der Waals surface area contributed by atoms with Gasteiger partial charge in [-0.05, 0) is 43.6 Å². The fraction of sp³-hybridized carbons (Fsp3) is 0.444. The van der Waals surface area contributed by atoms with Crippen molar-refractivity contribution < 1.29 is 14.7 Å². The van der Waals surface area contributed by atoms with Gasteiger partial charge in [0.2, 0.25) is 0 Å². The summed E-state index contributed by atoms with van der Waals surface area (Å²) in [6.45, 7) is 1.16. The molecule has 2 aromatic rings. The average molecular weight is 361 g/mol. The van der Waals surface area contributed by atoms with E-state index in [-0.39, 0.29) is 5.91 Å². The van der Waals surface area contributed by atoms with Crippen molar-refractivity contribution in [2.24, 2.45) is 11.8 Å². The number of hydrogen-bond donors (Lipinski definition) is 4. The van der Waals surface area contributed by atoms with Gasteiger partial charge in [-0.3, -0.25) is 4.79 Å². The molecule has 1 aliphatic carbocycles. The number of benzene rings is 1. The van der Waals surface area contributed by atoms with Gasteiger partial charge in [-0.25, -0.2) is 4.79 Å². The molecule has 2 amide bonds. The number of anilines is 1. The third-order valence-electron chi connectivity index (χ3n) is 4.91. The van der Waals surface area contributed by atoms with Crippen molar-refractivity contribution in [3.05, 3.63) is 29.8 Å². The van der Waals surface area contributed by atoms with E-state index in [9.17, 15) is 9.59 Å². The highest BCUT2D eigenvalue weighted by molar-refractivity contribution is 7.23. The molecule has 25 heavy (non-hydrogen) atoms. The number of nitrogens with one attached hydrogen (secondary N) is 2. The maximum absolute atomic E-state index is 12.6. The van der Waals surface area contributed by atoms with Crippen LogP contribution in [-0.4, -0.2) is 30.2 Å². The van der Waals surface area contributed by atoms with Crippen molar-refractivity contribution in [3.8, 4) is 0 Å². The van der Waals surface area contributed by atoms with E-state index < -0.39 is 6.09 Å². The first-order valence-corrected chi connectivity index (χ1v) is 9.38. The summed E-state index contributed by atoms with van der Waals surface area (Å²) in [4.78, 5) is 23.1. The van der Waals surface area contributed by atoms with Crippen molar-refractivity contribution in [1.82, 2.24) is 10.6 Å². The normalized spacial score (nSPS) is 20.3. The number of rotatable bonds is 5. The van der Waals surface area contributed by atoms with Gasteiger partial charge in [0.1, 0.15) is 0 Å². The molecule has 134 valence electrons. The Balaban J connectivity index is 1.51. The van der Waals surface area contributed by atoms with Gasteiger partial charge in [-0.15, -0.1) is 11.3 Å². The Morgan fingerprint density at radius 1 is 1.08 bits per heavy atom. The third-order valence-corrected chi connectivity index (χ3v) is 5.91. The number of nitrogens with two attached hydrogens (primary N) is 1. The molecule has 3 rings (SSSR count). The van der Waals surface area contributed by atoms with Crippen LogP contribution in [0.4, 0.5) is 9.80 Å². The Kier molecular flexibility index (Phi) is 5.43. The van der Waals surface area contributed by atoms with E-state index in [1.54, 1.807) is 0 Å². The lowest BCUT2D eigenvalue weighted by Crippen LogP contribution is -2.34. The summed E-state index contributed by atoms with van der Waals surface area (Å²) >= 11 is 1.44. The molecular formula is C18H23N3O3S. The topological polar surface area (TPSA) is 104 Å². The number of carbonyl (C=O) groups is 2. The van der Waals surface area contributed by atoms with Crippen LogP contribution in [0.5, 0.6) is 0 Å². The molecule has 1 aliphatic rings. The minimum atomic E-state index is -0.963. The summed E-state index contributed by atoms with van der Waals surface area (Å²) in [5.41, 5.74) is 6.62. The molecule has 0 radical (unpaired) electrons. The van der Waals surface area contributed by atoms with Crippen LogP contribution in [-0.2, 0) is 0 Å². The van der Waals surface area contributed by atoms with Crippen LogP contribution in [0.2, 0.25) is 0 Å². The third kappa shape index (κ3) is 4.22. The molecule has 1 heterocycles. The van der Waals surface area contributed by atoms with Crippen molar-refractivity contribution in [1.29, 1.82) is 0 Å². The van der Waals surface area contributed by atoms with E-state index in [0.717, 1.165) is 35.8 Å². The molecule has 0 unspecified atom stereocenters. The lowest BCUT2D eigenvalue weighted by molar-refractivity contribution is 0.0943. The van der Waals surface area contributed by atoms with Gasteiger partial charge >= 0.3 is 6.09 Å². The second-order valence-electron chi connectivity index (χ2n) is 6.62. The molecule has 5 N–H and O–H groups in total. The van der Waals surface area contributed by atoms with E-state index in [2.05, 4.69) is 10.6 Å². The molecule has 1 saturated carbocycles. The van der Waals surface area contributed by atoms with Crippen molar-refractivity contribution in [3.63, 3.8) is 0 Å². The average Bonchev–Trinajstić information content (AvgIpc) is 2.94. The number of carboxylic acid groups (broad SMARTS) is 1. The minimum absolute atomic E-state index is 0.107. The van der Waals surface area contributed by atoms with Crippen molar-refractivity contribution in [2.45, 2.75) is 25.7 Å². The van der Waals surface area contributed by atoms with E-state index in [4.69, 9.17) is 10.8 Å². The summed E-state index contributed by atoms with van der Waals surface area (Å²) in [5.74, 6) is 0.736. The largest absolute Gasteiger partial charge is 0.465 e. The van der Waals surface area contributed by atoms with E-state index in [0.29, 0.717) is 35.5 Å². The summed E-state index contributed by atoms with van der Waals surface area (Å²) < 4.78 is 1.02. The first kappa shape index (κ1) is 17.5. The molecule has 0 bridgehead atoms. The van der Waals surface area contributed by atoms with Crippen LogP contribution in [0.3, 0.4) is 0 Å².